The SMILES string of the molecule is CC(C)C(CNC(=O)c1cc(Br)cn1C(C)C)C(C)C. The fraction of sp³-hybridized carbons (Fsp3) is 0.688. The van der Waals surface area contributed by atoms with Crippen molar-refractivity contribution in [1.29, 1.82) is 0 Å². The molecule has 4 heteroatoms. The molecule has 1 heterocycles. The molecule has 1 aromatic rings. The molecule has 0 atom stereocenters. The second-order valence-electron chi connectivity index (χ2n) is 6.41. The molecule has 0 bridgehead atoms. The number of halogens is 1. The van der Waals surface area contributed by atoms with Crippen LogP contribution in [0.3, 0.4) is 0 Å². The number of carbonyl (C=O) groups excluding carboxylic acids is 1. The van der Waals surface area contributed by atoms with Crippen LogP contribution in [0.4, 0.5) is 0 Å². The van der Waals surface area contributed by atoms with Crippen LogP contribution in [0.1, 0.15) is 58.1 Å². The minimum atomic E-state index is 0.00991. The molecule has 0 unspecified atom stereocenters. The Morgan fingerprint density at radius 1 is 1.20 bits per heavy atom. The number of nitrogens with zero attached hydrogens (tertiary/aromatic N) is 1. The van der Waals surface area contributed by atoms with E-state index in [1.165, 1.54) is 0 Å². The molecule has 1 N–H and O–H groups in total. The highest BCUT2D eigenvalue weighted by atomic mass is 79.9. The standard InChI is InChI=1S/C16H27BrN2O/c1-10(2)14(11(3)4)8-18-16(20)15-7-13(17)9-19(15)12(5)6/h7,9-12,14H,8H2,1-6H3,(H,18,20). The Morgan fingerprint density at radius 3 is 2.20 bits per heavy atom. The summed E-state index contributed by atoms with van der Waals surface area (Å²) >= 11 is 3.45. The van der Waals surface area contributed by atoms with Crippen LogP contribution in [0.2, 0.25) is 0 Å². The van der Waals surface area contributed by atoms with Crippen LogP contribution in [0.5, 0.6) is 0 Å². The molecular formula is C16H27BrN2O. The Hall–Kier alpha value is -0.770. The van der Waals surface area contributed by atoms with Gasteiger partial charge < -0.3 is 9.88 Å². The Kier molecular flexibility index (Phi) is 6.31. The number of nitrogens with one attached hydrogen (secondary N) is 1. The molecule has 0 fully saturated rings. The zero-order chi connectivity index (χ0) is 15.4. The predicted molar refractivity (Wildman–Crippen MR) is 88.0 cm³/mol. The molecule has 3 nitrogen and oxygen atoms in total. The Labute approximate surface area is 131 Å². The maximum Gasteiger partial charge on any atom is 0.267 e. The van der Waals surface area contributed by atoms with Crippen LogP contribution in [0, 0.1) is 17.8 Å². The van der Waals surface area contributed by atoms with Crippen LogP contribution in [-0.4, -0.2) is 17.0 Å². The van der Waals surface area contributed by atoms with Gasteiger partial charge in [0.25, 0.3) is 5.91 Å². The number of hydrogen-bond donors (Lipinski definition) is 1. The lowest BCUT2D eigenvalue weighted by Gasteiger charge is -2.25. The van der Waals surface area contributed by atoms with E-state index in [0.29, 0.717) is 17.8 Å². The molecule has 0 aliphatic carbocycles. The summed E-state index contributed by atoms with van der Waals surface area (Å²) in [6.45, 7) is 13.7. The summed E-state index contributed by atoms with van der Waals surface area (Å²) in [6.07, 6.45) is 1.96. The van der Waals surface area contributed by atoms with Gasteiger partial charge in [-0.1, -0.05) is 27.7 Å². The second-order valence-corrected chi connectivity index (χ2v) is 7.32. The van der Waals surface area contributed by atoms with E-state index in [1.807, 2.05) is 16.8 Å². The van der Waals surface area contributed by atoms with Gasteiger partial charge in [-0.3, -0.25) is 4.79 Å². The highest BCUT2D eigenvalue weighted by Gasteiger charge is 2.20. The van der Waals surface area contributed by atoms with Gasteiger partial charge in [-0.2, -0.15) is 0 Å². The highest BCUT2D eigenvalue weighted by Crippen LogP contribution is 2.21. The lowest BCUT2D eigenvalue weighted by atomic mass is 9.85. The molecular weight excluding hydrogens is 316 g/mol. The maximum atomic E-state index is 12.4. The molecule has 114 valence electrons. The highest BCUT2D eigenvalue weighted by molar-refractivity contribution is 9.10. The van der Waals surface area contributed by atoms with Gasteiger partial charge in [-0.25, -0.2) is 0 Å². The van der Waals surface area contributed by atoms with Crippen LogP contribution >= 0.6 is 15.9 Å². The van der Waals surface area contributed by atoms with Crippen LogP contribution in [0.25, 0.3) is 0 Å². The second kappa shape index (κ2) is 7.30. The summed E-state index contributed by atoms with van der Waals surface area (Å²) in [6, 6.07) is 2.16. The molecule has 0 saturated heterocycles. The van der Waals surface area contributed by atoms with Crippen molar-refractivity contribution in [3.8, 4) is 0 Å². The monoisotopic (exact) mass is 342 g/mol. The Bertz CT molecular complexity index is 441. The molecule has 0 radical (unpaired) electrons. The molecule has 0 saturated carbocycles. The van der Waals surface area contributed by atoms with Crippen molar-refractivity contribution < 1.29 is 4.79 Å². The van der Waals surface area contributed by atoms with E-state index in [4.69, 9.17) is 0 Å². The smallest absolute Gasteiger partial charge is 0.267 e. The van der Waals surface area contributed by atoms with Crippen molar-refractivity contribution in [3.05, 3.63) is 22.4 Å². The number of amides is 1. The average Bonchev–Trinajstić information content (AvgIpc) is 2.70. The molecule has 20 heavy (non-hydrogen) atoms. The zero-order valence-electron chi connectivity index (χ0n) is 13.4. The van der Waals surface area contributed by atoms with Gasteiger partial charge in [0.15, 0.2) is 0 Å². The molecule has 1 aromatic heterocycles. The Morgan fingerprint density at radius 2 is 1.75 bits per heavy atom. The molecule has 0 aliphatic heterocycles. The van der Waals surface area contributed by atoms with Gasteiger partial charge in [0.2, 0.25) is 0 Å². The van der Waals surface area contributed by atoms with E-state index in [0.717, 1.165) is 16.7 Å². The third-order valence-electron chi connectivity index (χ3n) is 3.82. The normalized spacial score (nSPS) is 11.9. The van der Waals surface area contributed by atoms with Crippen molar-refractivity contribution in [2.24, 2.45) is 17.8 Å². The first-order valence-electron chi connectivity index (χ1n) is 7.39. The van der Waals surface area contributed by atoms with Crippen LogP contribution < -0.4 is 5.32 Å². The van der Waals surface area contributed by atoms with E-state index < -0.39 is 0 Å². The minimum Gasteiger partial charge on any atom is -0.350 e. The largest absolute Gasteiger partial charge is 0.350 e. The summed E-state index contributed by atoms with van der Waals surface area (Å²) in [5.74, 6) is 1.65. The number of aromatic nitrogens is 1. The summed E-state index contributed by atoms with van der Waals surface area (Å²) in [7, 11) is 0. The summed E-state index contributed by atoms with van der Waals surface area (Å²) in [5.41, 5.74) is 0.720. The first kappa shape index (κ1) is 17.3. The lowest BCUT2D eigenvalue weighted by Crippen LogP contribution is -2.35. The van der Waals surface area contributed by atoms with E-state index in [9.17, 15) is 4.79 Å². The fourth-order valence-electron chi connectivity index (χ4n) is 2.60. The van der Waals surface area contributed by atoms with Gasteiger partial charge >= 0.3 is 0 Å². The van der Waals surface area contributed by atoms with Crippen molar-refractivity contribution in [2.45, 2.75) is 47.6 Å². The summed E-state index contributed by atoms with van der Waals surface area (Å²) < 4.78 is 2.94. The van der Waals surface area contributed by atoms with Crippen LogP contribution in [0.15, 0.2) is 16.7 Å². The third kappa shape index (κ3) is 4.37. The lowest BCUT2D eigenvalue weighted by molar-refractivity contribution is 0.0926. The molecule has 1 amide bonds. The first-order chi connectivity index (χ1) is 9.23. The number of rotatable bonds is 6. The molecule has 0 spiro atoms. The molecule has 0 aromatic carbocycles. The van der Waals surface area contributed by atoms with E-state index in [2.05, 4.69) is 62.8 Å². The number of carbonyl (C=O) groups is 1. The third-order valence-corrected chi connectivity index (χ3v) is 4.25. The van der Waals surface area contributed by atoms with Crippen LogP contribution in [-0.2, 0) is 0 Å². The van der Waals surface area contributed by atoms with Gasteiger partial charge in [0, 0.05) is 23.3 Å². The van der Waals surface area contributed by atoms with Crippen molar-refractivity contribution in [3.63, 3.8) is 0 Å². The molecule has 1 rings (SSSR count). The summed E-state index contributed by atoms with van der Waals surface area (Å²) in [5, 5.41) is 3.09. The predicted octanol–water partition coefficient (Wildman–Crippen LogP) is 4.49. The van der Waals surface area contributed by atoms with Gasteiger partial charge in [-0.05, 0) is 53.6 Å². The van der Waals surface area contributed by atoms with Gasteiger partial charge in [-0.15, -0.1) is 0 Å². The van der Waals surface area contributed by atoms with Crippen molar-refractivity contribution in [1.82, 2.24) is 9.88 Å². The first-order valence-corrected chi connectivity index (χ1v) is 8.18. The van der Waals surface area contributed by atoms with Gasteiger partial charge in [0.05, 0.1) is 0 Å². The number of hydrogen-bond acceptors (Lipinski definition) is 1. The van der Waals surface area contributed by atoms with Crippen molar-refractivity contribution >= 4 is 21.8 Å². The minimum absolute atomic E-state index is 0.00991. The zero-order valence-corrected chi connectivity index (χ0v) is 15.0. The molecule has 0 aliphatic rings. The fourth-order valence-corrected chi connectivity index (χ4v) is 3.03. The topological polar surface area (TPSA) is 34.0 Å². The quantitative estimate of drug-likeness (QED) is 0.811. The maximum absolute atomic E-state index is 12.4. The van der Waals surface area contributed by atoms with E-state index >= 15 is 0 Å². The van der Waals surface area contributed by atoms with E-state index in [-0.39, 0.29) is 11.9 Å². The van der Waals surface area contributed by atoms with Crippen molar-refractivity contribution in [2.75, 3.05) is 6.54 Å². The average molecular weight is 343 g/mol. The van der Waals surface area contributed by atoms with E-state index in [1.54, 1.807) is 0 Å². The summed E-state index contributed by atoms with van der Waals surface area (Å²) in [4.78, 5) is 12.4. The van der Waals surface area contributed by atoms with Gasteiger partial charge in [0.1, 0.15) is 5.69 Å². The Balaban J connectivity index is 2.77.